The van der Waals surface area contributed by atoms with Gasteiger partial charge in [-0.25, -0.2) is 0 Å². The number of hydrogen-bond donors (Lipinski definition) is 1. The molecule has 1 heterocycles. The van der Waals surface area contributed by atoms with Crippen molar-refractivity contribution in [2.24, 2.45) is 0 Å². The second-order valence-corrected chi connectivity index (χ2v) is 9.63. The second-order valence-electron chi connectivity index (χ2n) is 4.14. The highest BCUT2D eigenvalue weighted by Gasteiger charge is 2.49. The Bertz CT molecular complexity index is 317. The lowest BCUT2D eigenvalue weighted by atomic mass is 10.3. The zero-order valence-electron chi connectivity index (χ0n) is 9.10. The third-order valence-corrected chi connectivity index (χ3v) is 9.28. The Morgan fingerprint density at radius 1 is 1.40 bits per heavy atom. The molecule has 2 rings (SSSR count). The van der Waals surface area contributed by atoms with Crippen molar-refractivity contribution in [1.82, 2.24) is 0 Å². The van der Waals surface area contributed by atoms with E-state index < -0.39 is 6.46 Å². The van der Waals surface area contributed by atoms with E-state index in [4.69, 9.17) is 17.0 Å². The largest absolute Gasteiger partial charge is 0.381 e. The maximum absolute atomic E-state index is 5.32. The highest BCUT2D eigenvalue weighted by Crippen LogP contribution is 2.71. The van der Waals surface area contributed by atoms with Gasteiger partial charge in [-0.05, 0) is 25.0 Å². The van der Waals surface area contributed by atoms with Gasteiger partial charge in [0.15, 0.2) is 0 Å². The SMILES string of the molecule is COC[C@H]1CCC[P+]1(S)c1ccccc1. The molecule has 2 atom stereocenters. The average molecular weight is 241 g/mol. The van der Waals surface area contributed by atoms with Crippen LogP contribution in [0, 0.1) is 0 Å². The average Bonchev–Trinajstić information content (AvgIpc) is 2.64. The zero-order chi connectivity index (χ0) is 10.7. The molecule has 0 N–H and O–H groups in total. The van der Waals surface area contributed by atoms with Gasteiger partial charge in [0.2, 0.25) is 0 Å². The van der Waals surface area contributed by atoms with Gasteiger partial charge >= 0.3 is 0 Å². The Morgan fingerprint density at radius 2 is 2.13 bits per heavy atom. The predicted octanol–water partition coefficient (Wildman–Crippen LogP) is 2.98. The Balaban J connectivity index is 2.25. The molecule has 1 nitrogen and oxygen atoms in total. The lowest BCUT2D eigenvalue weighted by molar-refractivity contribution is 0.197. The van der Waals surface area contributed by atoms with Crippen molar-refractivity contribution in [2.75, 3.05) is 19.9 Å². The molecule has 0 aliphatic carbocycles. The summed E-state index contributed by atoms with van der Waals surface area (Å²) in [4.78, 5) is 0. The first kappa shape index (κ1) is 11.4. The van der Waals surface area contributed by atoms with Crippen molar-refractivity contribution in [3.63, 3.8) is 0 Å². The van der Waals surface area contributed by atoms with Crippen molar-refractivity contribution < 1.29 is 4.74 Å². The minimum atomic E-state index is -1.23. The molecule has 1 aliphatic rings. The minimum absolute atomic E-state index is 0.660. The number of benzene rings is 1. The van der Waals surface area contributed by atoms with Crippen LogP contribution in [0.4, 0.5) is 0 Å². The molecular weight excluding hydrogens is 223 g/mol. The monoisotopic (exact) mass is 241 g/mol. The number of ether oxygens (including phenoxy) is 1. The van der Waals surface area contributed by atoms with Gasteiger partial charge in [0.25, 0.3) is 0 Å². The van der Waals surface area contributed by atoms with Crippen LogP contribution in [0.25, 0.3) is 0 Å². The molecule has 0 bridgehead atoms. The van der Waals surface area contributed by atoms with E-state index in [9.17, 15) is 0 Å². The van der Waals surface area contributed by atoms with Gasteiger partial charge in [0, 0.05) is 19.4 Å². The van der Waals surface area contributed by atoms with Crippen molar-refractivity contribution in [2.45, 2.75) is 18.5 Å². The van der Waals surface area contributed by atoms with Gasteiger partial charge < -0.3 is 4.74 Å². The van der Waals surface area contributed by atoms with Gasteiger partial charge in [0.05, 0.1) is 12.8 Å². The van der Waals surface area contributed by atoms with Gasteiger partial charge in [-0.1, -0.05) is 18.2 Å². The van der Waals surface area contributed by atoms with Crippen LogP contribution in [0.2, 0.25) is 0 Å². The van der Waals surface area contributed by atoms with E-state index in [0.717, 1.165) is 6.61 Å². The van der Waals surface area contributed by atoms with Crippen LogP contribution >= 0.6 is 18.7 Å². The number of thiol groups is 1. The molecule has 1 saturated heterocycles. The van der Waals surface area contributed by atoms with E-state index in [1.165, 1.54) is 24.3 Å². The summed E-state index contributed by atoms with van der Waals surface area (Å²) in [6, 6.07) is 10.8. The highest BCUT2D eigenvalue weighted by atomic mass is 32.7. The molecule has 1 aromatic carbocycles. The van der Waals surface area contributed by atoms with Crippen LogP contribution in [-0.4, -0.2) is 25.5 Å². The first-order valence-electron chi connectivity index (χ1n) is 5.42. The smallest absolute Gasteiger partial charge is 0.108 e. The topological polar surface area (TPSA) is 9.23 Å². The summed E-state index contributed by atoms with van der Waals surface area (Å²) in [5, 5.41) is 1.45. The van der Waals surface area contributed by atoms with Crippen LogP contribution < -0.4 is 5.30 Å². The molecule has 1 unspecified atom stereocenters. The summed E-state index contributed by atoms with van der Waals surface area (Å²) in [7, 11) is 1.79. The normalized spacial score (nSPS) is 30.7. The first-order valence-corrected chi connectivity index (χ1v) is 8.62. The summed E-state index contributed by atoms with van der Waals surface area (Å²) in [6.45, 7) is -0.362. The van der Waals surface area contributed by atoms with Gasteiger partial charge in [-0.3, -0.25) is 0 Å². The van der Waals surface area contributed by atoms with Crippen LogP contribution in [-0.2, 0) is 4.74 Å². The fourth-order valence-electron chi connectivity index (χ4n) is 2.39. The molecule has 1 aliphatic heterocycles. The van der Waals surface area contributed by atoms with E-state index in [-0.39, 0.29) is 0 Å². The number of hydrogen-bond acceptors (Lipinski definition) is 2. The van der Waals surface area contributed by atoms with Crippen molar-refractivity contribution in [3.8, 4) is 0 Å². The standard InChI is InChI=1S/C12H18OPS/c1-13-10-12-8-5-9-14(12,15)11-6-3-2-4-7-11/h2-4,6-7,12,15H,5,8-10H2,1H3/q+1/t12-,14?/m1/s1. The summed E-state index contributed by atoms with van der Waals surface area (Å²) in [6.07, 6.45) is 3.86. The van der Waals surface area contributed by atoms with E-state index in [2.05, 4.69) is 30.3 Å². The molecule has 0 amide bonds. The molecule has 0 saturated carbocycles. The molecule has 15 heavy (non-hydrogen) atoms. The third-order valence-electron chi connectivity index (χ3n) is 3.20. The van der Waals surface area contributed by atoms with E-state index in [1.807, 2.05) is 0 Å². The van der Waals surface area contributed by atoms with Crippen LogP contribution in [0.15, 0.2) is 30.3 Å². The van der Waals surface area contributed by atoms with Crippen molar-refractivity contribution >= 4 is 24.0 Å². The maximum atomic E-state index is 5.32. The Kier molecular flexibility index (Phi) is 3.71. The number of rotatable bonds is 3. The summed E-state index contributed by atoms with van der Waals surface area (Å²) in [5.74, 6) is 0. The molecule has 82 valence electrons. The van der Waals surface area contributed by atoms with Gasteiger partial charge in [-0.15, -0.1) is 0 Å². The summed E-state index contributed by atoms with van der Waals surface area (Å²) < 4.78 is 5.32. The summed E-state index contributed by atoms with van der Waals surface area (Å²) in [5.41, 5.74) is 0.660. The van der Waals surface area contributed by atoms with E-state index in [1.54, 1.807) is 7.11 Å². The quantitative estimate of drug-likeness (QED) is 0.632. The molecule has 0 aromatic heterocycles. The van der Waals surface area contributed by atoms with Crippen LogP contribution in [0.3, 0.4) is 0 Å². The molecular formula is C12H18OPS+. The third kappa shape index (κ3) is 2.22. The Morgan fingerprint density at radius 3 is 2.80 bits per heavy atom. The maximum Gasteiger partial charge on any atom is 0.108 e. The molecule has 0 spiro atoms. The van der Waals surface area contributed by atoms with Gasteiger partial charge in [0.1, 0.15) is 17.4 Å². The molecule has 1 aromatic rings. The van der Waals surface area contributed by atoms with Crippen LogP contribution in [0.5, 0.6) is 0 Å². The van der Waals surface area contributed by atoms with Gasteiger partial charge in [-0.2, -0.15) is 0 Å². The summed E-state index contributed by atoms with van der Waals surface area (Å²) >= 11 is 5.03. The number of methoxy groups -OCH3 is 1. The highest BCUT2D eigenvalue weighted by molar-refractivity contribution is 8.56. The second kappa shape index (κ2) is 4.86. The Hall–Kier alpha value is -0.0400. The predicted molar refractivity (Wildman–Crippen MR) is 71.7 cm³/mol. The lowest BCUT2D eigenvalue weighted by Crippen LogP contribution is -2.20. The fraction of sp³-hybridized carbons (Fsp3) is 0.500. The fourth-order valence-corrected chi connectivity index (χ4v) is 7.16. The van der Waals surface area contributed by atoms with Crippen molar-refractivity contribution in [3.05, 3.63) is 30.3 Å². The Labute approximate surface area is 97.7 Å². The van der Waals surface area contributed by atoms with Crippen LogP contribution in [0.1, 0.15) is 12.8 Å². The lowest BCUT2D eigenvalue weighted by Gasteiger charge is -2.22. The minimum Gasteiger partial charge on any atom is -0.381 e. The molecule has 0 radical (unpaired) electrons. The first-order chi connectivity index (χ1) is 7.27. The zero-order valence-corrected chi connectivity index (χ0v) is 10.9. The van der Waals surface area contributed by atoms with Crippen molar-refractivity contribution in [1.29, 1.82) is 0 Å². The molecule has 3 heteroatoms. The van der Waals surface area contributed by atoms with E-state index in [0.29, 0.717) is 5.66 Å². The molecule has 1 fully saturated rings. The van der Waals surface area contributed by atoms with E-state index >= 15 is 0 Å².